The highest BCUT2D eigenvalue weighted by Crippen LogP contribution is 2.43. The summed E-state index contributed by atoms with van der Waals surface area (Å²) in [5.74, 6) is 1.11. The summed E-state index contributed by atoms with van der Waals surface area (Å²) in [6, 6.07) is 5.19. The summed E-state index contributed by atoms with van der Waals surface area (Å²) in [6.07, 6.45) is 5.43. The summed E-state index contributed by atoms with van der Waals surface area (Å²) in [7, 11) is -3.13. The van der Waals surface area contributed by atoms with Crippen LogP contribution < -0.4 is 20.5 Å². The van der Waals surface area contributed by atoms with Gasteiger partial charge in [-0.2, -0.15) is 0 Å². The van der Waals surface area contributed by atoms with Crippen LogP contribution in [0.15, 0.2) is 18.2 Å². The van der Waals surface area contributed by atoms with E-state index in [2.05, 4.69) is 11.4 Å². The number of benzene rings is 1. The van der Waals surface area contributed by atoms with Gasteiger partial charge in [-0.05, 0) is 37.0 Å². The minimum Gasteiger partial charge on any atom is -0.486 e. The number of sulfone groups is 1. The second-order valence-corrected chi connectivity index (χ2v) is 9.85. The normalized spacial score (nSPS) is 18.8. The molecular weight excluding hydrogens is 404 g/mol. The van der Waals surface area contributed by atoms with Crippen molar-refractivity contribution in [2.24, 2.45) is 5.73 Å². The van der Waals surface area contributed by atoms with E-state index in [1.165, 1.54) is 0 Å². The quantitative estimate of drug-likeness (QED) is 0.677. The van der Waals surface area contributed by atoms with Crippen LogP contribution in [0.4, 0.5) is 0 Å². The van der Waals surface area contributed by atoms with Crippen LogP contribution in [0.3, 0.4) is 0 Å². The molecule has 1 aliphatic carbocycles. The van der Waals surface area contributed by atoms with Gasteiger partial charge in [-0.25, -0.2) is 8.42 Å². The standard InChI is InChI=1S/C19H28N2O5S.ClH/c1-27(23,24)11-6-15(20)18(22)21-13-19(7-2-3-8-19)14-4-5-16-17(12-14)26-10-9-25-16;/h4-5,12,15H,2-3,6-11,13,20H2,1H3,(H,21,22);1H. The van der Waals surface area contributed by atoms with Crippen LogP contribution in [0.5, 0.6) is 11.5 Å². The molecule has 3 N–H and O–H groups in total. The number of fused-ring (bicyclic) bond motifs is 1. The van der Waals surface area contributed by atoms with Gasteiger partial charge in [0.15, 0.2) is 11.5 Å². The molecule has 0 saturated heterocycles. The Bertz CT molecular complexity index is 794. The van der Waals surface area contributed by atoms with E-state index in [1.54, 1.807) is 0 Å². The smallest absolute Gasteiger partial charge is 0.236 e. The fourth-order valence-electron chi connectivity index (χ4n) is 3.85. The number of ether oxygens (including phenoxy) is 2. The lowest BCUT2D eigenvalue weighted by atomic mass is 9.78. The van der Waals surface area contributed by atoms with Crippen molar-refractivity contribution in [3.05, 3.63) is 23.8 Å². The van der Waals surface area contributed by atoms with Crippen LogP contribution >= 0.6 is 12.4 Å². The fourth-order valence-corrected chi connectivity index (χ4v) is 4.53. The molecule has 1 fully saturated rings. The minimum absolute atomic E-state index is 0. The van der Waals surface area contributed by atoms with Gasteiger partial charge < -0.3 is 20.5 Å². The zero-order valence-corrected chi connectivity index (χ0v) is 17.7. The largest absolute Gasteiger partial charge is 0.486 e. The van der Waals surface area contributed by atoms with Crippen LogP contribution in [-0.4, -0.2) is 52.1 Å². The molecule has 1 aliphatic heterocycles. The lowest BCUT2D eigenvalue weighted by molar-refractivity contribution is -0.122. The predicted octanol–water partition coefficient (Wildman–Crippen LogP) is 1.57. The van der Waals surface area contributed by atoms with Gasteiger partial charge in [0.1, 0.15) is 23.1 Å². The molecule has 1 amide bonds. The van der Waals surface area contributed by atoms with Crippen LogP contribution in [0, 0.1) is 0 Å². The molecule has 0 spiro atoms. The highest BCUT2D eigenvalue weighted by atomic mass is 35.5. The van der Waals surface area contributed by atoms with E-state index in [9.17, 15) is 13.2 Å². The Labute approximate surface area is 172 Å². The number of hydrogen-bond acceptors (Lipinski definition) is 6. The van der Waals surface area contributed by atoms with Crippen molar-refractivity contribution >= 4 is 28.2 Å². The first-order valence-electron chi connectivity index (χ1n) is 9.40. The van der Waals surface area contributed by atoms with Crippen molar-refractivity contribution in [1.82, 2.24) is 5.32 Å². The maximum Gasteiger partial charge on any atom is 0.236 e. The third kappa shape index (κ3) is 5.52. The second kappa shape index (κ2) is 9.33. The molecule has 3 rings (SSSR count). The average Bonchev–Trinajstić information content (AvgIpc) is 3.13. The molecule has 1 atom stereocenters. The molecule has 158 valence electrons. The molecule has 2 aliphatic rings. The minimum atomic E-state index is -3.13. The molecule has 0 radical (unpaired) electrons. The summed E-state index contributed by atoms with van der Waals surface area (Å²) in [4.78, 5) is 12.3. The third-order valence-electron chi connectivity index (χ3n) is 5.45. The zero-order chi connectivity index (χ0) is 19.5. The molecule has 1 heterocycles. The van der Waals surface area contributed by atoms with Gasteiger partial charge in [-0.15, -0.1) is 12.4 Å². The molecule has 0 aromatic heterocycles. The van der Waals surface area contributed by atoms with E-state index >= 15 is 0 Å². The molecular formula is C19H29ClN2O5S. The van der Waals surface area contributed by atoms with Crippen molar-refractivity contribution < 1.29 is 22.7 Å². The van der Waals surface area contributed by atoms with Crippen LogP contribution in [0.1, 0.15) is 37.7 Å². The fraction of sp³-hybridized carbons (Fsp3) is 0.632. The van der Waals surface area contributed by atoms with E-state index in [4.69, 9.17) is 15.2 Å². The summed E-state index contributed by atoms with van der Waals surface area (Å²) in [5.41, 5.74) is 6.85. The number of nitrogens with one attached hydrogen (secondary N) is 1. The number of halogens is 1. The maximum absolute atomic E-state index is 12.3. The lowest BCUT2D eigenvalue weighted by Gasteiger charge is -2.31. The molecule has 1 saturated carbocycles. The van der Waals surface area contributed by atoms with Gasteiger partial charge in [0.25, 0.3) is 0 Å². The highest BCUT2D eigenvalue weighted by molar-refractivity contribution is 7.90. The summed E-state index contributed by atoms with van der Waals surface area (Å²) in [5, 5.41) is 2.95. The predicted molar refractivity (Wildman–Crippen MR) is 110 cm³/mol. The average molecular weight is 433 g/mol. The first-order valence-corrected chi connectivity index (χ1v) is 11.5. The molecule has 28 heavy (non-hydrogen) atoms. The number of carbonyl (C=O) groups is 1. The van der Waals surface area contributed by atoms with E-state index in [0.29, 0.717) is 19.8 Å². The number of carbonyl (C=O) groups excluding carboxylic acids is 1. The number of nitrogens with two attached hydrogens (primary N) is 1. The van der Waals surface area contributed by atoms with E-state index < -0.39 is 15.9 Å². The summed E-state index contributed by atoms with van der Waals surface area (Å²) >= 11 is 0. The molecule has 1 aromatic rings. The molecule has 1 aromatic carbocycles. The number of amides is 1. The van der Waals surface area contributed by atoms with Crippen molar-refractivity contribution in [1.29, 1.82) is 0 Å². The van der Waals surface area contributed by atoms with Crippen LogP contribution in [0.2, 0.25) is 0 Å². The maximum atomic E-state index is 12.3. The Morgan fingerprint density at radius 3 is 2.50 bits per heavy atom. The number of rotatable bonds is 7. The lowest BCUT2D eigenvalue weighted by Crippen LogP contribution is -2.46. The van der Waals surface area contributed by atoms with Gasteiger partial charge in [0.2, 0.25) is 5.91 Å². The van der Waals surface area contributed by atoms with Crippen molar-refractivity contribution in [3.63, 3.8) is 0 Å². The van der Waals surface area contributed by atoms with Gasteiger partial charge in [0, 0.05) is 18.2 Å². The van der Waals surface area contributed by atoms with Crippen molar-refractivity contribution in [2.45, 2.75) is 43.6 Å². The van der Waals surface area contributed by atoms with Crippen LogP contribution in [0.25, 0.3) is 0 Å². The Morgan fingerprint density at radius 1 is 1.21 bits per heavy atom. The highest BCUT2D eigenvalue weighted by Gasteiger charge is 2.37. The molecule has 9 heteroatoms. The molecule has 7 nitrogen and oxygen atoms in total. The first-order chi connectivity index (χ1) is 12.8. The SMILES string of the molecule is CS(=O)(=O)CCC(N)C(=O)NCC1(c2ccc3c(c2)OCCO3)CCCC1.Cl. The van der Waals surface area contributed by atoms with E-state index in [0.717, 1.165) is 49.0 Å². The van der Waals surface area contributed by atoms with Gasteiger partial charge in [0.05, 0.1) is 11.8 Å². The van der Waals surface area contributed by atoms with Crippen LogP contribution in [-0.2, 0) is 20.0 Å². The van der Waals surface area contributed by atoms with Crippen molar-refractivity contribution in [2.75, 3.05) is 31.8 Å². The Balaban J connectivity index is 0.00000280. The topological polar surface area (TPSA) is 108 Å². The van der Waals surface area contributed by atoms with E-state index in [-0.39, 0.29) is 35.9 Å². The molecule has 1 unspecified atom stereocenters. The first kappa shape index (κ1) is 22.8. The third-order valence-corrected chi connectivity index (χ3v) is 6.43. The monoisotopic (exact) mass is 432 g/mol. The zero-order valence-electron chi connectivity index (χ0n) is 16.1. The van der Waals surface area contributed by atoms with Gasteiger partial charge in [-0.1, -0.05) is 18.9 Å². The van der Waals surface area contributed by atoms with Crippen molar-refractivity contribution in [3.8, 4) is 11.5 Å². The Kier molecular flexibility index (Phi) is 7.59. The summed E-state index contributed by atoms with van der Waals surface area (Å²) < 4.78 is 33.8. The Hall–Kier alpha value is -1.51. The number of hydrogen-bond donors (Lipinski definition) is 2. The van der Waals surface area contributed by atoms with E-state index in [1.807, 2.05) is 12.1 Å². The second-order valence-electron chi connectivity index (χ2n) is 7.59. The summed E-state index contributed by atoms with van der Waals surface area (Å²) in [6.45, 7) is 1.58. The van der Waals surface area contributed by atoms with Gasteiger partial charge >= 0.3 is 0 Å². The van der Waals surface area contributed by atoms with Gasteiger partial charge in [-0.3, -0.25) is 4.79 Å². The molecule has 0 bridgehead atoms. The Morgan fingerprint density at radius 2 is 1.86 bits per heavy atom.